The number of aliphatic hydroxyl groups excluding tert-OH is 1. The molecule has 0 spiro atoms. The molecule has 0 unspecified atom stereocenters. The van der Waals surface area contributed by atoms with E-state index in [2.05, 4.69) is 19.2 Å². The SMILES string of the molecule is CCCc1cc(C(=O)NCC2(CO)CCCCC2)sc1C. The van der Waals surface area contributed by atoms with Crippen molar-refractivity contribution in [2.45, 2.75) is 58.8 Å². The van der Waals surface area contributed by atoms with E-state index in [1.165, 1.54) is 16.9 Å². The summed E-state index contributed by atoms with van der Waals surface area (Å²) in [5.74, 6) is 0.0175. The van der Waals surface area contributed by atoms with Crippen LogP contribution in [0.25, 0.3) is 0 Å². The zero-order valence-electron chi connectivity index (χ0n) is 13.2. The summed E-state index contributed by atoms with van der Waals surface area (Å²) in [6.07, 6.45) is 7.76. The second kappa shape index (κ2) is 7.41. The quantitative estimate of drug-likeness (QED) is 0.842. The van der Waals surface area contributed by atoms with Gasteiger partial charge in [0.2, 0.25) is 0 Å². The van der Waals surface area contributed by atoms with Crippen LogP contribution >= 0.6 is 11.3 Å². The first-order valence-corrected chi connectivity index (χ1v) is 8.90. The van der Waals surface area contributed by atoms with E-state index in [4.69, 9.17) is 0 Å². The van der Waals surface area contributed by atoms with Crippen LogP contribution in [0.2, 0.25) is 0 Å². The van der Waals surface area contributed by atoms with Gasteiger partial charge in [0.15, 0.2) is 0 Å². The minimum Gasteiger partial charge on any atom is -0.396 e. The van der Waals surface area contributed by atoms with Gasteiger partial charge in [0.05, 0.1) is 11.5 Å². The largest absolute Gasteiger partial charge is 0.396 e. The first kappa shape index (κ1) is 16.5. The van der Waals surface area contributed by atoms with Crippen molar-refractivity contribution in [2.75, 3.05) is 13.2 Å². The van der Waals surface area contributed by atoms with E-state index in [1.54, 1.807) is 11.3 Å². The molecule has 1 aliphatic carbocycles. The van der Waals surface area contributed by atoms with E-state index < -0.39 is 0 Å². The van der Waals surface area contributed by atoms with Gasteiger partial charge in [-0.25, -0.2) is 0 Å². The third-order valence-corrected chi connectivity index (χ3v) is 5.73. The lowest BCUT2D eigenvalue weighted by atomic mass is 9.74. The Morgan fingerprint density at radius 3 is 2.71 bits per heavy atom. The van der Waals surface area contributed by atoms with Gasteiger partial charge in [-0.2, -0.15) is 0 Å². The average Bonchev–Trinajstić information content (AvgIpc) is 2.87. The van der Waals surface area contributed by atoms with Crippen LogP contribution in [-0.2, 0) is 6.42 Å². The molecule has 1 heterocycles. The lowest BCUT2D eigenvalue weighted by Gasteiger charge is -2.35. The smallest absolute Gasteiger partial charge is 0.261 e. The Balaban J connectivity index is 1.96. The topological polar surface area (TPSA) is 49.3 Å². The van der Waals surface area contributed by atoms with Gasteiger partial charge in [-0.15, -0.1) is 11.3 Å². The number of amides is 1. The minimum absolute atomic E-state index is 0.0175. The second-order valence-electron chi connectivity index (χ2n) is 6.34. The molecule has 0 radical (unpaired) electrons. The molecule has 0 saturated heterocycles. The highest BCUT2D eigenvalue weighted by Gasteiger charge is 2.31. The molecule has 118 valence electrons. The Morgan fingerprint density at radius 1 is 1.38 bits per heavy atom. The van der Waals surface area contributed by atoms with Crippen LogP contribution < -0.4 is 5.32 Å². The summed E-state index contributed by atoms with van der Waals surface area (Å²) in [5.41, 5.74) is 1.20. The van der Waals surface area contributed by atoms with Gasteiger partial charge in [-0.05, 0) is 37.8 Å². The Morgan fingerprint density at radius 2 is 2.10 bits per heavy atom. The summed E-state index contributed by atoms with van der Waals surface area (Å²) >= 11 is 1.58. The summed E-state index contributed by atoms with van der Waals surface area (Å²) in [6, 6.07) is 2.03. The molecule has 0 atom stereocenters. The Hall–Kier alpha value is -0.870. The molecule has 1 aliphatic rings. The number of hydrogen-bond donors (Lipinski definition) is 2. The number of nitrogens with one attached hydrogen (secondary N) is 1. The normalized spacial score (nSPS) is 17.7. The Kier molecular flexibility index (Phi) is 5.82. The van der Waals surface area contributed by atoms with E-state index >= 15 is 0 Å². The van der Waals surface area contributed by atoms with E-state index in [0.717, 1.165) is 43.4 Å². The van der Waals surface area contributed by atoms with Crippen LogP contribution in [0.15, 0.2) is 6.07 Å². The number of aliphatic hydroxyl groups is 1. The molecule has 3 nitrogen and oxygen atoms in total. The van der Waals surface area contributed by atoms with Crippen molar-refractivity contribution in [1.82, 2.24) is 5.32 Å². The molecule has 21 heavy (non-hydrogen) atoms. The maximum atomic E-state index is 12.3. The molecule has 0 bridgehead atoms. The van der Waals surface area contributed by atoms with E-state index in [-0.39, 0.29) is 17.9 Å². The maximum absolute atomic E-state index is 12.3. The van der Waals surface area contributed by atoms with E-state index in [0.29, 0.717) is 6.54 Å². The zero-order chi connectivity index (χ0) is 15.3. The number of carbonyl (C=O) groups is 1. The number of aryl methyl sites for hydroxylation is 2. The maximum Gasteiger partial charge on any atom is 0.261 e. The standard InChI is InChI=1S/C17H27NO2S/c1-3-7-14-10-15(21-13(14)2)16(20)18-11-17(12-19)8-5-4-6-9-17/h10,19H,3-9,11-12H2,1-2H3,(H,18,20). The fourth-order valence-corrected chi connectivity index (χ4v) is 4.18. The van der Waals surface area contributed by atoms with Crippen molar-refractivity contribution in [1.29, 1.82) is 0 Å². The van der Waals surface area contributed by atoms with Gasteiger partial charge in [0, 0.05) is 16.8 Å². The molecule has 1 amide bonds. The highest BCUT2D eigenvalue weighted by Crippen LogP contribution is 2.35. The second-order valence-corrected chi connectivity index (χ2v) is 7.60. The predicted molar refractivity (Wildman–Crippen MR) is 88.0 cm³/mol. The average molecular weight is 309 g/mol. The third kappa shape index (κ3) is 4.07. The van der Waals surface area contributed by atoms with Crippen molar-refractivity contribution in [3.8, 4) is 0 Å². The fraction of sp³-hybridized carbons (Fsp3) is 0.706. The first-order chi connectivity index (χ1) is 10.1. The fourth-order valence-electron chi connectivity index (χ4n) is 3.20. The number of rotatable bonds is 6. The summed E-state index contributed by atoms with van der Waals surface area (Å²) in [5, 5.41) is 12.7. The van der Waals surface area contributed by atoms with Crippen LogP contribution in [0.3, 0.4) is 0 Å². The van der Waals surface area contributed by atoms with Crippen molar-refractivity contribution < 1.29 is 9.90 Å². The molecular weight excluding hydrogens is 282 g/mol. The van der Waals surface area contributed by atoms with Crippen LogP contribution in [0, 0.1) is 12.3 Å². The summed E-state index contributed by atoms with van der Waals surface area (Å²) in [7, 11) is 0. The Labute approximate surface area is 131 Å². The number of thiophene rings is 1. The van der Waals surface area contributed by atoms with Crippen molar-refractivity contribution in [3.63, 3.8) is 0 Å². The van der Waals surface area contributed by atoms with Gasteiger partial charge in [-0.1, -0.05) is 32.6 Å². The van der Waals surface area contributed by atoms with Gasteiger partial charge < -0.3 is 10.4 Å². The van der Waals surface area contributed by atoms with Gasteiger partial charge in [0.25, 0.3) is 5.91 Å². The summed E-state index contributed by atoms with van der Waals surface area (Å²) in [4.78, 5) is 14.4. The highest BCUT2D eigenvalue weighted by atomic mass is 32.1. The minimum atomic E-state index is -0.0908. The van der Waals surface area contributed by atoms with E-state index in [1.807, 2.05) is 6.07 Å². The summed E-state index contributed by atoms with van der Waals surface area (Å²) in [6.45, 7) is 5.02. The van der Waals surface area contributed by atoms with Gasteiger partial charge in [-0.3, -0.25) is 4.79 Å². The van der Waals surface area contributed by atoms with Gasteiger partial charge in [0.1, 0.15) is 0 Å². The molecule has 1 fully saturated rings. The third-order valence-electron chi connectivity index (χ3n) is 4.64. The lowest BCUT2D eigenvalue weighted by molar-refractivity contribution is 0.0720. The molecule has 1 aromatic heterocycles. The highest BCUT2D eigenvalue weighted by molar-refractivity contribution is 7.14. The molecule has 2 N–H and O–H groups in total. The first-order valence-electron chi connectivity index (χ1n) is 8.08. The van der Waals surface area contributed by atoms with Crippen LogP contribution in [0.1, 0.15) is 65.6 Å². The van der Waals surface area contributed by atoms with Crippen molar-refractivity contribution in [3.05, 3.63) is 21.4 Å². The van der Waals surface area contributed by atoms with E-state index in [9.17, 15) is 9.90 Å². The molecule has 2 rings (SSSR count). The van der Waals surface area contributed by atoms with Gasteiger partial charge >= 0.3 is 0 Å². The lowest BCUT2D eigenvalue weighted by Crippen LogP contribution is -2.41. The molecule has 1 saturated carbocycles. The molecule has 0 aliphatic heterocycles. The van der Waals surface area contributed by atoms with Crippen LogP contribution in [-0.4, -0.2) is 24.2 Å². The molecule has 0 aromatic carbocycles. The van der Waals surface area contributed by atoms with Crippen LogP contribution in [0.5, 0.6) is 0 Å². The Bertz CT molecular complexity index is 475. The molecule has 4 heteroatoms. The van der Waals surface area contributed by atoms with Crippen LogP contribution in [0.4, 0.5) is 0 Å². The monoisotopic (exact) mass is 309 g/mol. The molecular formula is C17H27NO2S. The summed E-state index contributed by atoms with van der Waals surface area (Å²) < 4.78 is 0. The molecule has 1 aromatic rings. The zero-order valence-corrected chi connectivity index (χ0v) is 14.0. The van der Waals surface area contributed by atoms with Crippen molar-refractivity contribution in [2.24, 2.45) is 5.41 Å². The predicted octanol–water partition coefficient (Wildman–Crippen LogP) is 3.68. The number of hydrogen-bond acceptors (Lipinski definition) is 3. The number of carbonyl (C=O) groups excluding carboxylic acids is 1. The van der Waals surface area contributed by atoms with Crippen molar-refractivity contribution >= 4 is 17.2 Å².